The summed E-state index contributed by atoms with van der Waals surface area (Å²) in [5.41, 5.74) is 1.19. The van der Waals surface area contributed by atoms with Crippen LogP contribution in [0.4, 0.5) is 19.3 Å². The van der Waals surface area contributed by atoms with Gasteiger partial charge in [0.05, 0.1) is 11.6 Å². The summed E-state index contributed by atoms with van der Waals surface area (Å²) in [7, 11) is 0. The lowest BCUT2D eigenvalue weighted by atomic mass is 9.94. The molecule has 134 valence electrons. The van der Waals surface area contributed by atoms with E-state index in [-0.39, 0.29) is 17.0 Å². The van der Waals surface area contributed by atoms with Crippen molar-refractivity contribution in [3.8, 4) is 5.75 Å². The number of anilines is 1. The molecule has 2 aromatic rings. The Morgan fingerprint density at radius 3 is 2.46 bits per heavy atom. The number of hydrogen-bond donors (Lipinski definition) is 4. The Bertz CT molecular complexity index is 910. The lowest BCUT2D eigenvalue weighted by molar-refractivity contribution is -0.113. The second-order valence-electron chi connectivity index (χ2n) is 5.74. The van der Waals surface area contributed by atoms with Gasteiger partial charge in [-0.05, 0) is 36.8 Å². The van der Waals surface area contributed by atoms with Gasteiger partial charge in [0, 0.05) is 17.5 Å². The first-order valence-electron chi connectivity index (χ1n) is 7.69. The number of phenols is 1. The Balaban J connectivity index is 1.93. The molecule has 1 atom stereocenters. The predicted molar refractivity (Wildman–Crippen MR) is 90.2 cm³/mol. The lowest BCUT2D eigenvalue weighted by Gasteiger charge is -2.28. The minimum Gasteiger partial charge on any atom is -0.508 e. The monoisotopic (exact) mass is 359 g/mol. The quantitative estimate of drug-likeness (QED) is 0.679. The van der Waals surface area contributed by atoms with Crippen LogP contribution in [0.25, 0.3) is 0 Å². The van der Waals surface area contributed by atoms with Crippen molar-refractivity contribution >= 4 is 17.6 Å². The standard InChI is InChI=1S/C18H15F2N3O3/c1-9-15(17(25)22-11-4-7-13(19)14(20)8-11)16(23-18(26)21-9)10-2-5-12(24)6-3-10/h2-8,16,24H,1H3,(H,22,25)(H2,21,23,26)/t16-/m1/s1. The highest BCUT2D eigenvalue weighted by Gasteiger charge is 2.31. The van der Waals surface area contributed by atoms with Gasteiger partial charge < -0.3 is 21.1 Å². The summed E-state index contributed by atoms with van der Waals surface area (Å²) in [6.45, 7) is 1.56. The zero-order valence-corrected chi connectivity index (χ0v) is 13.6. The van der Waals surface area contributed by atoms with Crippen molar-refractivity contribution < 1.29 is 23.5 Å². The molecule has 6 nitrogen and oxygen atoms in total. The Morgan fingerprint density at radius 2 is 1.81 bits per heavy atom. The number of amides is 3. The van der Waals surface area contributed by atoms with Crippen molar-refractivity contribution in [3.05, 3.63) is 70.9 Å². The molecular formula is C18H15F2N3O3. The third-order valence-corrected chi connectivity index (χ3v) is 3.92. The van der Waals surface area contributed by atoms with Crippen LogP contribution in [0.2, 0.25) is 0 Å². The van der Waals surface area contributed by atoms with Gasteiger partial charge in [0.25, 0.3) is 5.91 Å². The summed E-state index contributed by atoms with van der Waals surface area (Å²) < 4.78 is 26.4. The summed E-state index contributed by atoms with van der Waals surface area (Å²) >= 11 is 0. The summed E-state index contributed by atoms with van der Waals surface area (Å²) in [6, 6.07) is 7.77. The molecule has 1 heterocycles. The smallest absolute Gasteiger partial charge is 0.319 e. The number of carbonyl (C=O) groups is 2. The Labute approximate surface area is 147 Å². The van der Waals surface area contributed by atoms with Crippen LogP contribution < -0.4 is 16.0 Å². The van der Waals surface area contributed by atoms with Crippen LogP contribution in [0.1, 0.15) is 18.5 Å². The van der Waals surface area contributed by atoms with Crippen LogP contribution in [-0.2, 0) is 4.79 Å². The molecule has 0 radical (unpaired) electrons. The van der Waals surface area contributed by atoms with Crippen LogP contribution in [0.3, 0.4) is 0 Å². The van der Waals surface area contributed by atoms with E-state index in [1.165, 1.54) is 18.2 Å². The van der Waals surface area contributed by atoms with E-state index >= 15 is 0 Å². The van der Waals surface area contributed by atoms with Crippen molar-refractivity contribution in [1.82, 2.24) is 10.6 Å². The molecule has 0 spiro atoms. The number of phenolic OH excluding ortho intramolecular Hbond substituents is 1. The maximum Gasteiger partial charge on any atom is 0.319 e. The summed E-state index contributed by atoms with van der Waals surface area (Å²) in [6.07, 6.45) is 0. The van der Waals surface area contributed by atoms with Gasteiger partial charge in [0.1, 0.15) is 5.75 Å². The molecule has 0 saturated heterocycles. The Morgan fingerprint density at radius 1 is 1.12 bits per heavy atom. The first-order valence-corrected chi connectivity index (χ1v) is 7.69. The van der Waals surface area contributed by atoms with E-state index in [1.807, 2.05) is 0 Å². The first-order chi connectivity index (χ1) is 12.3. The molecule has 3 rings (SSSR count). The van der Waals surface area contributed by atoms with Gasteiger partial charge >= 0.3 is 6.03 Å². The molecule has 8 heteroatoms. The zero-order chi connectivity index (χ0) is 18.8. The molecule has 0 bridgehead atoms. The van der Waals surface area contributed by atoms with E-state index in [1.54, 1.807) is 19.1 Å². The van der Waals surface area contributed by atoms with Gasteiger partial charge in [-0.1, -0.05) is 12.1 Å². The van der Waals surface area contributed by atoms with Gasteiger partial charge in [-0.25, -0.2) is 13.6 Å². The molecule has 0 saturated carbocycles. The minimum atomic E-state index is -1.08. The number of aromatic hydroxyl groups is 1. The molecule has 0 fully saturated rings. The van der Waals surface area contributed by atoms with E-state index in [2.05, 4.69) is 16.0 Å². The number of hydrogen-bond acceptors (Lipinski definition) is 3. The summed E-state index contributed by atoms with van der Waals surface area (Å²) in [5.74, 6) is -2.65. The number of carbonyl (C=O) groups excluding carboxylic acids is 2. The van der Waals surface area contributed by atoms with E-state index in [4.69, 9.17) is 0 Å². The molecule has 0 aliphatic carbocycles. The topological polar surface area (TPSA) is 90.5 Å². The number of rotatable bonds is 3. The fourth-order valence-electron chi connectivity index (χ4n) is 2.68. The van der Waals surface area contributed by atoms with Gasteiger partial charge in [-0.2, -0.15) is 0 Å². The van der Waals surface area contributed by atoms with Crippen LogP contribution in [-0.4, -0.2) is 17.0 Å². The van der Waals surface area contributed by atoms with Crippen molar-refractivity contribution in [1.29, 1.82) is 0 Å². The zero-order valence-electron chi connectivity index (χ0n) is 13.6. The molecule has 2 aromatic carbocycles. The molecule has 0 unspecified atom stereocenters. The second kappa shape index (κ2) is 6.83. The SMILES string of the molecule is CC1=C(C(=O)Nc2ccc(F)c(F)c2)[C@@H](c2ccc(O)cc2)NC(=O)N1. The van der Waals surface area contributed by atoms with Crippen LogP contribution >= 0.6 is 0 Å². The first kappa shape index (κ1) is 17.4. The molecule has 3 amide bonds. The van der Waals surface area contributed by atoms with Crippen LogP contribution in [0.15, 0.2) is 53.7 Å². The number of allylic oxidation sites excluding steroid dienone is 1. The van der Waals surface area contributed by atoms with E-state index < -0.39 is 29.6 Å². The summed E-state index contributed by atoms with van der Waals surface area (Å²) in [4.78, 5) is 24.5. The van der Waals surface area contributed by atoms with Gasteiger partial charge in [-0.3, -0.25) is 4.79 Å². The molecule has 1 aliphatic heterocycles. The van der Waals surface area contributed by atoms with E-state index in [0.717, 1.165) is 12.1 Å². The molecule has 26 heavy (non-hydrogen) atoms. The lowest BCUT2D eigenvalue weighted by Crippen LogP contribution is -2.45. The Hall–Kier alpha value is -3.42. The second-order valence-corrected chi connectivity index (χ2v) is 5.74. The number of nitrogens with one attached hydrogen (secondary N) is 3. The third kappa shape index (κ3) is 3.49. The normalized spacial score (nSPS) is 16.7. The van der Waals surface area contributed by atoms with Gasteiger partial charge in [-0.15, -0.1) is 0 Å². The largest absolute Gasteiger partial charge is 0.508 e. The fourth-order valence-corrected chi connectivity index (χ4v) is 2.68. The third-order valence-electron chi connectivity index (χ3n) is 3.92. The van der Waals surface area contributed by atoms with Crippen LogP contribution in [0, 0.1) is 11.6 Å². The van der Waals surface area contributed by atoms with Crippen molar-refractivity contribution in [2.75, 3.05) is 5.32 Å². The molecule has 1 aliphatic rings. The fraction of sp³-hybridized carbons (Fsp3) is 0.111. The van der Waals surface area contributed by atoms with E-state index in [9.17, 15) is 23.5 Å². The maximum absolute atomic E-state index is 13.3. The highest BCUT2D eigenvalue weighted by atomic mass is 19.2. The average Bonchev–Trinajstić information content (AvgIpc) is 2.58. The highest BCUT2D eigenvalue weighted by Crippen LogP contribution is 2.29. The number of urea groups is 1. The number of halogens is 2. The summed E-state index contributed by atoms with van der Waals surface area (Å²) in [5, 5.41) is 17.1. The molecule has 0 aromatic heterocycles. The maximum atomic E-state index is 13.3. The predicted octanol–water partition coefficient (Wildman–Crippen LogP) is 2.94. The molecular weight excluding hydrogens is 344 g/mol. The van der Waals surface area contributed by atoms with Crippen LogP contribution in [0.5, 0.6) is 5.75 Å². The minimum absolute atomic E-state index is 0.0440. The van der Waals surface area contributed by atoms with Crippen molar-refractivity contribution in [2.45, 2.75) is 13.0 Å². The van der Waals surface area contributed by atoms with Crippen molar-refractivity contribution in [3.63, 3.8) is 0 Å². The Kier molecular flexibility index (Phi) is 4.57. The van der Waals surface area contributed by atoms with Crippen molar-refractivity contribution in [2.24, 2.45) is 0 Å². The number of benzene rings is 2. The van der Waals surface area contributed by atoms with Gasteiger partial charge in [0.2, 0.25) is 0 Å². The van der Waals surface area contributed by atoms with Gasteiger partial charge in [0.15, 0.2) is 11.6 Å². The average molecular weight is 359 g/mol. The molecule has 4 N–H and O–H groups in total. The van der Waals surface area contributed by atoms with E-state index in [0.29, 0.717) is 11.3 Å². The highest BCUT2D eigenvalue weighted by molar-refractivity contribution is 6.06.